The number of carbonyl (C=O) groups is 2. The van der Waals surface area contributed by atoms with Gasteiger partial charge in [0.25, 0.3) is 0 Å². The standard InChI is InChI=1S/C31H38N4O8/c1-18(2)28-30(37)32-14-22-19(3)43-31(33-22)21-7-8-23(38-4)24(13-21)40-10-6-9-35(16-27(36)34-28)15-20-11-25(39-5)29-26(12-20)41-17-42-29/h7-8,11-13,18,28H,6,9-10,14-17H2,1-5H3,(H,32,37)(H,34,36)/t28-/m0/s1. The van der Waals surface area contributed by atoms with Crippen molar-refractivity contribution < 1.29 is 37.7 Å². The Labute approximate surface area is 250 Å². The van der Waals surface area contributed by atoms with Crippen LogP contribution in [0.3, 0.4) is 0 Å². The molecule has 5 rings (SSSR count). The molecular weight excluding hydrogens is 556 g/mol. The zero-order valence-corrected chi connectivity index (χ0v) is 25.2. The molecule has 43 heavy (non-hydrogen) atoms. The number of benzene rings is 2. The second kappa shape index (κ2) is 13.2. The number of oxazole rings is 1. The van der Waals surface area contributed by atoms with Crippen LogP contribution in [0.15, 0.2) is 34.7 Å². The molecule has 2 aromatic carbocycles. The molecule has 1 atom stereocenters. The van der Waals surface area contributed by atoms with Gasteiger partial charge in [-0.1, -0.05) is 13.8 Å². The first-order chi connectivity index (χ1) is 20.7. The average molecular weight is 595 g/mol. The van der Waals surface area contributed by atoms with Gasteiger partial charge in [-0.2, -0.15) is 0 Å². The summed E-state index contributed by atoms with van der Waals surface area (Å²) in [6, 6.07) is 8.53. The highest BCUT2D eigenvalue weighted by molar-refractivity contribution is 5.88. The molecule has 0 saturated heterocycles. The number of nitrogens with one attached hydrogen (secondary N) is 2. The molecule has 2 amide bonds. The summed E-state index contributed by atoms with van der Waals surface area (Å²) in [5.74, 6) is 3.17. The normalized spacial score (nSPS) is 17.9. The molecule has 0 fully saturated rings. The summed E-state index contributed by atoms with van der Waals surface area (Å²) in [6.07, 6.45) is 0.610. The van der Waals surface area contributed by atoms with Gasteiger partial charge in [-0.15, -0.1) is 0 Å². The van der Waals surface area contributed by atoms with Crippen molar-refractivity contribution in [1.29, 1.82) is 0 Å². The maximum absolute atomic E-state index is 13.3. The van der Waals surface area contributed by atoms with Crippen LogP contribution in [0.4, 0.5) is 0 Å². The van der Waals surface area contributed by atoms with Crippen molar-refractivity contribution in [1.82, 2.24) is 20.5 Å². The van der Waals surface area contributed by atoms with E-state index in [-0.39, 0.29) is 37.6 Å². The van der Waals surface area contributed by atoms with E-state index in [4.69, 9.17) is 28.1 Å². The summed E-state index contributed by atoms with van der Waals surface area (Å²) < 4.78 is 34.2. The van der Waals surface area contributed by atoms with E-state index in [0.717, 1.165) is 11.1 Å². The summed E-state index contributed by atoms with van der Waals surface area (Å²) in [4.78, 5) is 33.2. The van der Waals surface area contributed by atoms with Gasteiger partial charge < -0.3 is 38.7 Å². The number of aryl methyl sites for hydroxylation is 1. The lowest BCUT2D eigenvalue weighted by molar-refractivity contribution is -0.130. The molecule has 1 aromatic heterocycles. The molecule has 0 unspecified atom stereocenters. The van der Waals surface area contributed by atoms with Gasteiger partial charge in [0, 0.05) is 18.7 Å². The molecule has 2 aliphatic rings. The number of hydrogen-bond donors (Lipinski definition) is 2. The van der Waals surface area contributed by atoms with Gasteiger partial charge in [0.2, 0.25) is 30.2 Å². The maximum Gasteiger partial charge on any atom is 0.243 e. The molecule has 2 aliphatic heterocycles. The predicted molar refractivity (Wildman–Crippen MR) is 156 cm³/mol. The van der Waals surface area contributed by atoms with Crippen LogP contribution < -0.4 is 34.3 Å². The van der Waals surface area contributed by atoms with Crippen LogP contribution in [-0.2, 0) is 22.7 Å². The van der Waals surface area contributed by atoms with Crippen LogP contribution in [0.2, 0.25) is 0 Å². The monoisotopic (exact) mass is 594 g/mol. The highest BCUT2D eigenvalue weighted by atomic mass is 16.7. The van der Waals surface area contributed by atoms with Gasteiger partial charge in [-0.3, -0.25) is 14.5 Å². The Kier molecular flexibility index (Phi) is 9.24. The van der Waals surface area contributed by atoms with E-state index in [1.165, 1.54) is 0 Å². The fourth-order valence-electron chi connectivity index (χ4n) is 5.09. The largest absolute Gasteiger partial charge is 0.493 e. The van der Waals surface area contributed by atoms with Crippen molar-refractivity contribution in [3.8, 4) is 40.2 Å². The van der Waals surface area contributed by atoms with Gasteiger partial charge in [0.1, 0.15) is 17.5 Å². The third-order valence-corrected chi connectivity index (χ3v) is 7.37. The third kappa shape index (κ3) is 6.96. The minimum Gasteiger partial charge on any atom is -0.493 e. The maximum atomic E-state index is 13.3. The molecule has 12 heteroatoms. The van der Waals surface area contributed by atoms with E-state index in [9.17, 15) is 9.59 Å². The van der Waals surface area contributed by atoms with Gasteiger partial charge >= 0.3 is 0 Å². The van der Waals surface area contributed by atoms with Crippen molar-refractivity contribution in [2.75, 3.05) is 40.7 Å². The van der Waals surface area contributed by atoms with Crippen LogP contribution in [0.25, 0.3) is 11.5 Å². The average Bonchev–Trinajstić information content (AvgIpc) is 3.62. The number of carbonyl (C=O) groups excluding carboxylic acids is 2. The number of aromatic nitrogens is 1. The van der Waals surface area contributed by atoms with E-state index in [0.29, 0.717) is 72.2 Å². The Morgan fingerprint density at radius 2 is 1.86 bits per heavy atom. The quantitative estimate of drug-likeness (QED) is 0.453. The minimum atomic E-state index is -0.724. The van der Waals surface area contributed by atoms with Gasteiger partial charge in [-0.05, 0) is 55.2 Å². The molecule has 0 saturated carbocycles. The summed E-state index contributed by atoms with van der Waals surface area (Å²) in [5.41, 5.74) is 2.22. The Morgan fingerprint density at radius 3 is 2.63 bits per heavy atom. The fourth-order valence-corrected chi connectivity index (χ4v) is 5.09. The van der Waals surface area contributed by atoms with E-state index in [1.54, 1.807) is 27.2 Å². The number of fused-ring (bicyclic) bond motifs is 6. The van der Waals surface area contributed by atoms with Crippen molar-refractivity contribution in [3.63, 3.8) is 0 Å². The molecule has 12 nitrogen and oxygen atoms in total. The zero-order chi connectivity index (χ0) is 30.5. The lowest BCUT2D eigenvalue weighted by Gasteiger charge is -2.26. The fraction of sp³-hybridized carbons (Fsp3) is 0.452. The Morgan fingerprint density at radius 1 is 1.05 bits per heavy atom. The van der Waals surface area contributed by atoms with E-state index in [2.05, 4.69) is 15.6 Å². The van der Waals surface area contributed by atoms with Gasteiger partial charge in [0.15, 0.2) is 23.0 Å². The number of hydrogen-bond acceptors (Lipinski definition) is 10. The number of methoxy groups -OCH3 is 2. The first-order valence-electron chi connectivity index (χ1n) is 14.3. The van der Waals surface area contributed by atoms with Gasteiger partial charge in [-0.25, -0.2) is 4.98 Å². The first kappa shape index (κ1) is 30.0. The van der Waals surface area contributed by atoms with E-state index in [1.807, 2.05) is 43.0 Å². The number of rotatable bonds is 5. The first-order valence-corrected chi connectivity index (χ1v) is 14.3. The number of ether oxygens (including phenoxy) is 5. The van der Waals surface area contributed by atoms with Gasteiger partial charge in [0.05, 0.1) is 33.9 Å². The van der Waals surface area contributed by atoms with Crippen LogP contribution in [0, 0.1) is 12.8 Å². The van der Waals surface area contributed by atoms with Crippen molar-refractivity contribution in [2.45, 2.75) is 46.3 Å². The topological polar surface area (TPSA) is 134 Å². The minimum absolute atomic E-state index is 0.0673. The van der Waals surface area contributed by atoms with Crippen molar-refractivity contribution in [2.24, 2.45) is 5.92 Å². The Hall–Kier alpha value is -4.45. The second-order valence-corrected chi connectivity index (χ2v) is 10.8. The second-order valence-electron chi connectivity index (χ2n) is 10.8. The number of nitrogens with zero attached hydrogens (tertiary/aromatic N) is 2. The lowest BCUT2D eigenvalue weighted by atomic mass is 10.0. The van der Waals surface area contributed by atoms with Crippen LogP contribution in [-0.4, -0.2) is 68.4 Å². The molecule has 0 spiro atoms. The van der Waals surface area contributed by atoms with Crippen molar-refractivity contribution >= 4 is 11.8 Å². The Bertz CT molecular complexity index is 1470. The highest BCUT2D eigenvalue weighted by Crippen LogP contribution is 2.42. The summed E-state index contributed by atoms with van der Waals surface area (Å²) in [7, 11) is 3.16. The smallest absolute Gasteiger partial charge is 0.243 e. The third-order valence-electron chi connectivity index (χ3n) is 7.37. The molecule has 0 aliphatic carbocycles. The summed E-state index contributed by atoms with van der Waals surface area (Å²) in [6.45, 7) is 7.27. The van der Waals surface area contributed by atoms with Crippen LogP contribution >= 0.6 is 0 Å². The highest BCUT2D eigenvalue weighted by Gasteiger charge is 2.27. The summed E-state index contributed by atoms with van der Waals surface area (Å²) in [5, 5.41) is 5.84. The SMILES string of the molecule is COc1ccc2cc1OCCCN(Cc1cc(OC)c3c(c1)OCO3)CC(=O)N[C@@H](C(C)C)C(=O)NCc1nc-2oc1C. The molecule has 2 N–H and O–H groups in total. The molecule has 230 valence electrons. The molecule has 0 radical (unpaired) electrons. The molecule has 4 bridgehead atoms. The van der Waals surface area contributed by atoms with Crippen LogP contribution in [0.1, 0.15) is 37.3 Å². The number of amides is 2. The van der Waals surface area contributed by atoms with E-state index < -0.39 is 6.04 Å². The molecular formula is C31H38N4O8. The lowest BCUT2D eigenvalue weighted by Crippen LogP contribution is -2.51. The predicted octanol–water partition coefficient (Wildman–Crippen LogP) is 3.44. The van der Waals surface area contributed by atoms with E-state index >= 15 is 0 Å². The zero-order valence-electron chi connectivity index (χ0n) is 25.2. The van der Waals surface area contributed by atoms with Crippen LogP contribution in [0.5, 0.6) is 28.7 Å². The molecule has 3 aromatic rings. The van der Waals surface area contributed by atoms with Crippen molar-refractivity contribution in [3.05, 3.63) is 47.3 Å². The Balaban J connectivity index is 1.42. The summed E-state index contributed by atoms with van der Waals surface area (Å²) >= 11 is 0. The molecule has 3 heterocycles.